The summed E-state index contributed by atoms with van der Waals surface area (Å²) in [4.78, 5) is 26.5. The van der Waals surface area contributed by atoms with Crippen LogP contribution in [0.3, 0.4) is 0 Å². The molecule has 0 aliphatic heterocycles. The molecule has 0 saturated heterocycles. The van der Waals surface area contributed by atoms with Crippen molar-refractivity contribution < 1.29 is 14.7 Å². The molecule has 2 aromatic carbocycles. The van der Waals surface area contributed by atoms with E-state index in [-0.39, 0.29) is 30.9 Å². The zero-order valence-corrected chi connectivity index (χ0v) is 14.6. The molecule has 5 nitrogen and oxygen atoms in total. The van der Waals surface area contributed by atoms with Gasteiger partial charge in [-0.05, 0) is 24.6 Å². The lowest BCUT2D eigenvalue weighted by Gasteiger charge is -2.26. The minimum absolute atomic E-state index is 0.103. The van der Waals surface area contributed by atoms with Gasteiger partial charge in [-0.25, -0.2) is 0 Å². The van der Waals surface area contributed by atoms with Gasteiger partial charge in [0, 0.05) is 12.6 Å². The molecule has 0 saturated carbocycles. The van der Waals surface area contributed by atoms with Crippen molar-refractivity contribution in [2.75, 3.05) is 13.7 Å². The van der Waals surface area contributed by atoms with Crippen molar-refractivity contribution >= 4 is 11.8 Å². The van der Waals surface area contributed by atoms with Crippen LogP contribution in [0.25, 0.3) is 0 Å². The molecule has 25 heavy (non-hydrogen) atoms. The van der Waals surface area contributed by atoms with Crippen LogP contribution in [-0.4, -0.2) is 41.5 Å². The third kappa shape index (κ3) is 5.16. The molecular weight excluding hydrogens is 316 g/mol. The highest BCUT2D eigenvalue weighted by atomic mass is 16.3. The van der Waals surface area contributed by atoms with Gasteiger partial charge in [-0.15, -0.1) is 0 Å². The molecule has 0 spiro atoms. The Kier molecular flexibility index (Phi) is 6.71. The molecule has 0 heterocycles. The molecule has 2 rings (SSSR count). The predicted molar refractivity (Wildman–Crippen MR) is 97.0 cm³/mol. The fourth-order valence-electron chi connectivity index (χ4n) is 2.46. The Morgan fingerprint density at radius 3 is 2.16 bits per heavy atom. The fraction of sp³-hybridized carbons (Fsp3) is 0.300. The monoisotopic (exact) mass is 340 g/mol. The molecule has 0 aliphatic rings. The number of carbonyl (C=O) groups excluding carboxylic acids is 2. The van der Waals surface area contributed by atoms with E-state index in [4.69, 9.17) is 0 Å². The molecule has 132 valence electrons. The Morgan fingerprint density at radius 2 is 1.60 bits per heavy atom. The van der Waals surface area contributed by atoms with Crippen molar-refractivity contribution in [1.29, 1.82) is 0 Å². The van der Waals surface area contributed by atoms with Crippen LogP contribution in [0.15, 0.2) is 60.7 Å². The quantitative estimate of drug-likeness (QED) is 0.813. The summed E-state index contributed by atoms with van der Waals surface area (Å²) in [6.45, 7) is 1.67. The van der Waals surface area contributed by atoms with E-state index in [1.165, 1.54) is 4.90 Å². The second-order valence-corrected chi connectivity index (χ2v) is 6.04. The van der Waals surface area contributed by atoms with E-state index in [1.54, 1.807) is 38.2 Å². The molecule has 2 amide bonds. The summed E-state index contributed by atoms with van der Waals surface area (Å²) in [7, 11) is 1.66. The second kappa shape index (κ2) is 8.99. The number of carbonyl (C=O) groups is 2. The first-order valence-corrected chi connectivity index (χ1v) is 8.30. The number of likely N-dealkylation sites (N-methyl/N-ethyl adjacent to an activating group) is 1. The van der Waals surface area contributed by atoms with Crippen LogP contribution in [-0.2, 0) is 4.79 Å². The Balaban J connectivity index is 2.17. The number of rotatable bonds is 7. The van der Waals surface area contributed by atoms with E-state index < -0.39 is 6.04 Å². The van der Waals surface area contributed by atoms with Crippen molar-refractivity contribution in [3.63, 3.8) is 0 Å². The number of benzene rings is 2. The number of aliphatic hydroxyl groups excluding tert-OH is 1. The van der Waals surface area contributed by atoms with Crippen LogP contribution in [0.2, 0.25) is 0 Å². The topological polar surface area (TPSA) is 69.6 Å². The molecule has 0 aromatic heterocycles. The van der Waals surface area contributed by atoms with E-state index in [9.17, 15) is 14.7 Å². The van der Waals surface area contributed by atoms with Crippen LogP contribution in [0.5, 0.6) is 0 Å². The number of nitrogens with zero attached hydrogens (tertiary/aromatic N) is 1. The van der Waals surface area contributed by atoms with Gasteiger partial charge >= 0.3 is 0 Å². The average molecular weight is 340 g/mol. The molecule has 2 unspecified atom stereocenters. The summed E-state index contributed by atoms with van der Waals surface area (Å²) >= 11 is 0. The predicted octanol–water partition coefficient (Wildman–Crippen LogP) is 2.39. The third-order valence-electron chi connectivity index (χ3n) is 4.24. The standard InChI is InChI=1S/C20H24N2O3/c1-15(14-23)22(2)19(24)13-18(16-9-5-3-6-10-16)21-20(25)17-11-7-4-8-12-17/h3-12,15,18,23H,13-14H2,1-2H3,(H,21,25). The highest BCUT2D eigenvalue weighted by Crippen LogP contribution is 2.19. The smallest absolute Gasteiger partial charge is 0.251 e. The van der Waals surface area contributed by atoms with Gasteiger partial charge in [0.2, 0.25) is 5.91 Å². The first kappa shape index (κ1) is 18.7. The molecule has 2 atom stereocenters. The first-order valence-electron chi connectivity index (χ1n) is 8.30. The van der Waals surface area contributed by atoms with E-state index in [1.807, 2.05) is 36.4 Å². The molecule has 2 N–H and O–H groups in total. The highest BCUT2D eigenvalue weighted by Gasteiger charge is 2.23. The van der Waals surface area contributed by atoms with Crippen LogP contribution in [0.1, 0.15) is 35.3 Å². The zero-order valence-electron chi connectivity index (χ0n) is 14.6. The van der Waals surface area contributed by atoms with Crippen molar-refractivity contribution in [2.24, 2.45) is 0 Å². The molecule has 5 heteroatoms. The molecule has 0 radical (unpaired) electrons. The average Bonchev–Trinajstić information content (AvgIpc) is 2.67. The minimum atomic E-state index is -0.435. The Morgan fingerprint density at radius 1 is 1.04 bits per heavy atom. The van der Waals surface area contributed by atoms with Gasteiger partial charge < -0.3 is 15.3 Å². The maximum absolute atomic E-state index is 12.5. The Hall–Kier alpha value is -2.66. The number of aliphatic hydroxyl groups is 1. The summed E-state index contributed by atoms with van der Waals surface area (Å²) in [6.07, 6.45) is 0.128. The maximum Gasteiger partial charge on any atom is 0.251 e. The summed E-state index contributed by atoms with van der Waals surface area (Å²) in [6, 6.07) is 17.6. The molecule has 0 fully saturated rings. The number of hydrogen-bond donors (Lipinski definition) is 2. The van der Waals surface area contributed by atoms with Gasteiger partial charge in [0.15, 0.2) is 0 Å². The van der Waals surface area contributed by atoms with Crippen LogP contribution in [0, 0.1) is 0 Å². The zero-order chi connectivity index (χ0) is 18.2. The van der Waals surface area contributed by atoms with E-state index >= 15 is 0 Å². The minimum Gasteiger partial charge on any atom is -0.394 e. The van der Waals surface area contributed by atoms with Crippen molar-refractivity contribution in [3.8, 4) is 0 Å². The van der Waals surface area contributed by atoms with E-state index in [0.717, 1.165) is 5.56 Å². The SMILES string of the molecule is CC(CO)N(C)C(=O)CC(NC(=O)c1ccccc1)c1ccccc1. The largest absolute Gasteiger partial charge is 0.394 e. The molecular formula is C20H24N2O3. The lowest BCUT2D eigenvalue weighted by Crippen LogP contribution is -2.40. The number of amides is 2. The molecule has 0 bridgehead atoms. The lowest BCUT2D eigenvalue weighted by atomic mass is 10.0. The van der Waals surface area contributed by atoms with E-state index in [2.05, 4.69) is 5.32 Å². The summed E-state index contributed by atoms with van der Waals surface area (Å²) < 4.78 is 0. The van der Waals surface area contributed by atoms with Crippen LogP contribution >= 0.6 is 0 Å². The van der Waals surface area contributed by atoms with Gasteiger partial charge in [0.1, 0.15) is 0 Å². The van der Waals surface area contributed by atoms with Crippen molar-refractivity contribution in [3.05, 3.63) is 71.8 Å². The first-order chi connectivity index (χ1) is 12.0. The van der Waals surface area contributed by atoms with E-state index in [0.29, 0.717) is 5.56 Å². The summed E-state index contributed by atoms with van der Waals surface area (Å²) in [5.74, 6) is -0.358. The van der Waals surface area contributed by atoms with Crippen molar-refractivity contribution in [2.45, 2.75) is 25.4 Å². The normalized spacial score (nSPS) is 12.9. The Bertz CT molecular complexity index is 689. The fourth-order valence-corrected chi connectivity index (χ4v) is 2.46. The number of hydrogen-bond acceptors (Lipinski definition) is 3. The van der Waals surface area contributed by atoms with Crippen molar-refractivity contribution in [1.82, 2.24) is 10.2 Å². The highest BCUT2D eigenvalue weighted by molar-refractivity contribution is 5.94. The third-order valence-corrected chi connectivity index (χ3v) is 4.24. The number of nitrogens with one attached hydrogen (secondary N) is 1. The summed E-state index contributed by atoms with van der Waals surface area (Å²) in [5, 5.41) is 12.2. The molecule has 0 aliphatic carbocycles. The van der Waals surface area contributed by atoms with Crippen LogP contribution in [0.4, 0.5) is 0 Å². The van der Waals surface area contributed by atoms with Crippen LogP contribution < -0.4 is 5.32 Å². The summed E-state index contributed by atoms with van der Waals surface area (Å²) in [5.41, 5.74) is 1.41. The van der Waals surface area contributed by atoms with Gasteiger partial charge in [0.05, 0.1) is 25.1 Å². The van der Waals surface area contributed by atoms with Gasteiger partial charge in [0.25, 0.3) is 5.91 Å². The molecule has 2 aromatic rings. The van der Waals surface area contributed by atoms with Gasteiger partial charge in [-0.2, -0.15) is 0 Å². The van der Waals surface area contributed by atoms with Gasteiger partial charge in [-0.1, -0.05) is 48.5 Å². The second-order valence-electron chi connectivity index (χ2n) is 6.04. The maximum atomic E-state index is 12.5. The van der Waals surface area contributed by atoms with Gasteiger partial charge in [-0.3, -0.25) is 9.59 Å². The Labute approximate surface area is 148 Å². The lowest BCUT2D eigenvalue weighted by molar-refractivity contribution is -0.132.